The molecule has 4 heteroatoms. The Bertz CT molecular complexity index is 1140. The fraction of sp³-hybridized carbons (Fsp3) is 0.308. The minimum Gasteiger partial charge on any atom is -0.348 e. The zero-order chi connectivity index (χ0) is 21.3. The normalized spacial score (nSPS) is 14.8. The van der Waals surface area contributed by atoms with E-state index in [-0.39, 0.29) is 22.4 Å². The monoisotopic (exact) mass is 400 g/mol. The second kappa shape index (κ2) is 7.94. The predicted octanol–water partition coefficient (Wildman–Crippen LogP) is 4.80. The average molecular weight is 401 g/mol. The highest BCUT2D eigenvalue weighted by Crippen LogP contribution is 2.33. The lowest BCUT2D eigenvalue weighted by atomic mass is 9.76. The van der Waals surface area contributed by atoms with Gasteiger partial charge in [0.1, 0.15) is 5.56 Å². The molecule has 30 heavy (non-hydrogen) atoms. The number of H-pyrrole nitrogens is 1. The second-order valence-corrected chi connectivity index (χ2v) is 9.05. The van der Waals surface area contributed by atoms with E-state index in [0.29, 0.717) is 6.54 Å². The molecule has 0 spiro atoms. The van der Waals surface area contributed by atoms with Gasteiger partial charge in [-0.2, -0.15) is 0 Å². The number of nitrogens with one attached hydrogen (secondary N) is 2. The van der Waals surface area contributed by atoms with Crippen molar-refractivity contribution in [2.75, 3.05) is 0 Å². The number of hydrogen-bond acceptors (Lipinski definition) is 2. The van der Waals surface area contributed by atoms with Crippen LogP contribution in [0.4, 0.5) is 0 Å². The zero-order valence-electron chi connectivity index (χ0n) is 17.8. The molecule has 1 aromatic heterocycles. The van der Waals surface area contributed by atoms with Gasteiger partial charge in [0.05, 0.1) is 0 Å². The quantitative estimate of drug-likeness (QED) is 0.661. The van der Waals surface area contributed by atoms with E-state index in [2.05, 4.69) is 55.3 Å². The minimum absolute atomic E-state index is 0.191. The van der Waals surface area contributed by atoms with Crippen LogP contribution in [0.25, 0.3) is 11.1 Å². The van der Waals surface area contributed by atoms with E-state index in [4.69, 9.17) is 0 Å². The fourth-order valence-electron chi connectivity index (χ4n) is 4.28. The van der Waals surface area contributed by atoms with Crippen LogP contribution >= 0.6 is 0 Å². The van der Waals surface area contributed by atoms with Crippen LogP contribution in [0.2, 0.25) is 0 Å². The van der Waals surface area contributed by atoms with Crippen LogP contribution in [0.5, 0.6) is 0 Å². The maximum atomic E-state index is 12.7. The number of rotatable bonds is 4. The molecule has 2 aromatic carbocycles. The summed E-state index contributed by atoms with van der Waals surface area (Å²) in [6.45, 7) is 6.91. The van der Waals surface area contributed by atoms with Crippen molar-refractivity contribution in [3.8, 4) is 11.1 Å². The van der Waals surface area contributed by atoms with Gasteiger partial charge in [0.2, 0.25) is 0 Å². The number of benzene rings is 2. The number of carbonyl (C=O) groups excluding carboxylic acids is 1. The second-order valence-electron chi connectivity index (χ2n) is 9.05. The van der Waals surface area contributed by atoms with E-state index in [9.17, 15) is 9.59 Å². The van der Waals surface area contributed by atoms with Crippen LogP contribution in [-0.4, -0.2) is 10.9 Å². The van der Waals surface area contributed by atoms with Crippen LogP contribution in [0.15, 0.2) is 59.4 Å². The lowest BCUT2D eigenvalue weighted by Crippen LogP contribution is -2.32. The van der Waals surface area contributed by atoms with E-state index in [1.54, 1.807) is 6.07 Å². The smallest absolute Gasteiger partial charge is 0.261 e. The highest BCUT2D eigenvalue weighted by Gasteiger charge is 2.27. The minimum atomic E-state index is -0.327. The summed E-state index contributed by atoms with van der Waals surface area (Å²) < 4.78 is 0. The number of hydrogen-bond donors (Lipinski definition) is 2. The number of aromatic nitrogens is 1. The summed E-state index contributed by atoms with van der Waals surface area (Å²) in [5.41, 5.74) is 6.66. The number of fused-ring (bicyclic) bond motifs is 1. The van der Waals surface area contributed by atoms with Crippen molar-refractivity contribution in [3.05, 3.63) is 92.9 Å². The molecule has 0 fully saturated rings. The lowest BCUT2D eigenvalue weighted by Gasteiger charge is -2.31. The van der Waals surface area contributed by atoms with Crippen molar-refractivity contribution in [2.24, 2.45) is 5.41 Å². The molecule has 4 nitrogen and oxygen atoms in total. The number of amides is 1. The fourth-order valence-corrected chi connectivity index (χ4v) is 4.28. The average Bonchev–Trinajstić information content (AvgIpc) is 2.72. The van der Waals surface area contributed by atoms with Gasteiger partial charge in [-0.3, -0.25) is 9.59 Å². The Morgan fingerprint density at radius 2 is 1.87 bits per heavy atom. The maximum Gasteiger partial charge on any atom is 0.261 e. The van der Waals surface area contributed by atoms with Gasteiger partial charge < -0.3 is 10.3 Å². The summed E-state index contributed by atoms with van der Waals surface area (Å²) in [7, 11) is 0. The van der Waals surface area contributed by atoms with E-state index in [1.165, 1.54) is 11.1 Å². The highest BCUT2D eigenvalue weighted by atomic mass is 16.2. The van der Waals surface area contributed by atoms with Crippen molar-refractivity contribution in [1.82, 2.24) is 10.3 Å². The van der Waals surface area contributed by atoms with Crippen LogP contribution in [-0.2, 0) is 19.4 Å². The molecule has 0 radical (unpaired) electrons. The van der Waals surface area contributed by atoms with Crippen molar-refractivity contribution < 1.29 is 4.79 Å². The van der Waals surface area contributed by atoms with Crippen LogP contribution in [0, 0.1) is 12.3 Å². The van der Waals surface area contributed by atoms with Crippen molar-refractivity contribution in [3.63, 3.8) is 0 Å². The first-order valence-corrected chi connectivity index (χ1v) is 10.5. The third kappa shape index (κ3) is 4.23. The third-order valence-electron chi connectivity index (χ3n) is 6.01. The molecule has 1 heterocycles. The summed E-state index contributed by atoms with van der Waals surface area (Å²) in [5.74, 6) is -0.327. The van der Waals surface area contributed by atoms with Gasteiger partial charge in [0.15, 0.2) is 0 Å². The largest absolute Gasteiger partial charge is 0.348 e. The molecule has 0 saturated heterocycles. The van der Waals surface area contributed by atoms with Gasteiger partial charge in [-0.05, 0) is 65.5 Å². The Balaban J connectivity index is 1.49. The van der Waals surface area contributed by atoms with Crippen molar-refractivity contribution in [1.29, 1.82) is 0 Å². The molecule has 0 bridgehead atoms. The molecule has 2 N–H and O–H groups in total. The summed E-state index contributed by atoms with van der Waals surface area (Å²) in [6, 6.07) is 18.2. The van der Waals surface area contributed by atoms with Crippen LogP contribution < -0.4 is 10.9 Å². The van der Waals surface area contributed by atoms with Crippen molar-refractivity contribution >= 4 is 5.91 Å². The Hall–Kier alpha value is -3.14. The number of carbonyl (C=O) groups is 1. The summed E-state index contributed by atoms with van der Waals surface area (Å²) in [4.78, 5) is 28.1. The number of aryl methyl sites for hydroxylation is 2. The molecule has 1 aliphatic rings. The Kier molecular flexibility index (Phi) is 5.33. The lowest BCUT2D eigenvalue weighted by molar-refractivity contribution is 0.0949. The van der Waals surface area contributed by atoms with E-state index >= 15 is 0 Å². The standard InChI is InChI=1S/C26H28N2O2/c1-17-13-18(9-10-21(17)19-7-5-4-6-8-19)16-27-24(29)22-14-20-15-26(2,3)12-11-23(20)28-25(22)30/h4-10,13-14H,11-12,15-16H2,1-3H3,(H,27,29)(H,28,30). The molecular formula is C26H28N2O2. The van der Waals surface area contributed by atoms with Gasteiger partial charge in [-0.15, -0.1) is 0 Å². The number of pyridine rings is 1. The Labute approximate surface area is 177 Å². The zero-order valence-corrected chi connectivity index (χ0v) is 17.8. The summed E-state index contributed by atoms with van der Waals surface area (Å²) >= 11 is 0. The molecular weight excluding hydrogens is 372 g/mol. The first-order valence-electron chi connectivity index (χ1n) is 10.5. The molecule has 0 atom stereocenters. The molecule has 0 saturated carbocycles. The van der Waals surface area contributed by atoms with Gasteiger partial charge >= 0.3 is 0 Å². The molecule has 154 valence electrons. The van der Waals surface area contributed by atoms with Crippen molar-refractivity contribution in [2.45, 2.75) is 46.6 Å². The van der Waals surface area contributed by atoms with E-state index in [1.807, 2.05) is 24.3 Å². The first-order chi connectivity index (χ1) is 14.3. The highest BCUT2D eigenvalue weighted by molar-refractivity contribution is 5.94. The molecule has 0 unspecified atom stereocenters. The van der Waals surface area contributed by atoms with Crippen LogP contribution in [0.1, 0.15) is 53.0 Å². The molecule has 1 amide bonds. The molecule has 1 aliphatic carbocycles. The van der Waals surface area contributed by atoms with Gasteiger partial charge in [0, 0.05) is 12.2 Å². The topological polar surface area (TPSA) is 62.0 Å². The predicted molar refractivity (Wildman–Crippen MR) is 121 cm³/mol. The van der Waals surface area contributed by atoms with Gasteiger partial charge in [-0.25, -0.2) is 0 Å². The molecule has 4 rings (SSSR count). The molecule has 0 aliphatic heterocycles. The van der Waals surface area contributed by atoms with Gasteiger partial charge in [0.25, 0.3) is 11.5 Å². The maximum absolute atomic E-state index is 12.7. The third-order valence-corrected chi connectivity index (χ3v) is 6.01. The SMILES string of the molecule is Cc1cc(CNC(=O)c2cc3c([nH]c2=O)CCC(C)(C)C3)ccc1-c1ccccc1. The Morgan fingerprint density at radius 1 is 1.10 bits per heavy atom. The summed E-state index contributed by atoms with van der Waals surface area (Å²) in [5, 5.41) is 2.91. The summed E-state index contributed by atoms with van der Waals surface area (Å²) in [6.07, 6.45) is 2.77. The number of aromatic amines is 1. The van der Waals surface area contributed by atoms with Gasteiger partial charge in [-0.1, -0.05) is 62.4 Å². The Morgan fingerprint density at radius 3 is 2.60 bits per heavy atom. The van der Waals surface area contributed by atoms with E-state index in [0.717, 1.165) is 41.6 Å². The first kappa shape index (κ1) is 20.1. The molecule has 3 aromatic rings. The van der Waals surface area contributed by atoms with E-state index < -0.39 is 0 Å². The van der Waals surface area contributed by atoms with Crippen LogP contribution in [0.3, 0.4) is 0 Å².